The van der Waals surface area contributed by atoms with Crippen LogP contribution in [0.25, 0.3) is 0 Å². The predicted octanol–water partition coefficient (Wildman–Crippen LogP) is 2.22. The number of aromatic nitrogens is 1. The molecule has 1 saturated carbocycles. The maximum atomic E-state index is 13.0. The average Bonchev–Trinajstić information content (AvgIpc) is 3.17. The molecule has 2 saturated heterocycles. The van der Waals surface area contributed by atoms with Gasteiger partial charge in [0.25, 0.3) is 0 Å². The quantitative estimate of drug-likeness (QED) is 0.546. The smallest absolute Gasteiger partial charge is 0.308 e. The number of carbonyl (C=O) groups excluding carboxylic acids is 1. The van der Waals surface area contributed by atoms with E-state index in [1.165, 1.54) is 7.11 Å². The molecule has 4 rings (SSSR count). The van der Waals surface area contributed by atoms with Crippen LogP contribution in [0.2, 0.25) is 0 Å². The van der Waals surface area contributed by atoms with Crippen LogP contribution in [0, 0.1) is 17.3 Å². The number of nitrogens with one attached hydrogen (secondary N) is 1. The molecule has 3 fully saturated rings. The van der Waals surface area contributed by atoms with Gasteiger partial charge in [-0.25, -0.2) is 4.98 Å². The van der Waals surface area contributed by atoms with Crippen LogP contribution in [-0.2, 0) is 19.1 Å². The van der Waals surface area contributed by atoms with Crippen LogP contribution in [0.3, 0.4) is 0 Å². The molecule has 0 radical (unpaired) electrons. The van der Waals surface area contributed by atoms with E-state index in [0.717, 1.165) is 38.9 Å². The summed E-state index contributed by atoms with van der Waals surface area (Å²) in [4.78, 5) is 31.5. The molecule has 9 heteroatoms. The molecule has 3 heterocycles. The summed E-state index contributed by atoms with van der Waals surface area (Å²) >= 11 is 0. The number of carboxylic acid groups (broad SMARTS) is 1. The molecule has 0 bridgehead atoms. The highest BCUT2D eigenvalue weighted by Gasteiger charge is 2.54. The molecular formula is C24H35N3O6. The van der Waals surface area contributed by atoms with Crippen LogP contribution in [-0.4, -0.2) is 72.6 Å². The lowest BCUT2D eigenvalue weighted by atomic mass is 9.57. The van der Waals surface area contributed by atoms with Crippen molar-refractivity contribution in [3.05, 3.63) is 23.9 Å². The van der Waals surface area contributed by atoms with E-state index in [1.54, 1.807) is 18.3 Å². The van der Waals surface area contributed by atoms with Gasteiger partial charge in [0.2, 0.25) is 11.8 Å². The Morgan fingerprint density at radius 3 is 2.55 bits per heavy atom. The normalized spacial score (nSPS) is 23.4. The summed E-state index contributed by atoms with van der Waals surface area (Å²) in [5, 5.41) is 12.7. The Morgan fingerprint density at radius 1 is 1.30 bits per heavy atom. The van der Waals surface area contributed by atoms with E-state index in [2.05, 4.69) is 15.2 Å². The third-order valence-corrected chi connectivity index (χ3v) is 7.41. The number of methoxy groups -OCH3 is 1. The Kier molecular flexibility index (Phi) is 6.93. The van der Waals surface area contributed by atoms with Crippen molar-refractivity contribution < 1.29 is 28.9 Å². The minimum Gasteiger partial charge on any atom is -0.481 e. The van der Waals surface area contributed by atoms with Crippen molar-refractivity contribution in [3.8, 4) is 5.88 Å². The molecule has 33 heavy (non-hydrogen) atoms. The van der Waals surface area contributed by atoms with Crippen molar-refractivity contribution >= 4 is 11.9 Å². The van der Waals surface area contributed by atoms with Crippen LogP contribution in [0.1, 0.15) is 51.1 Å². The zero-order chi connectivity index (χ0) is 23.6. The van der Waals surface area contributed by atoms with E-state index in [1.807, 2.05) is 13.8 Å². The van der Waals surface area contributed by atoms with Crippen LogP contribution in [0.4, 0.5) is 0 Å². The van der Waals surface area contributed by atoms with Crippen LogP contribution in [0.5, 0.6) is 5.88 Å². The summed E-state index contributed by atoms with van der Waals surface area (Å²) in [6.07, 6.45) is 4.52. The number of likely N-dealkylation sites (tertiary alicyclic amines) is 1. The lowest BCUT2D eigenvalue weighted by molar-refractivity contribution is -0.164. The fraction of sp³-hybridized carbons (Fsp3) is 0.708. The number of pyridine rings is 1. The summed E-state index contributed by atoms with van der Waals surface area (Å²) in [7, 11) is 1.53. The lowest BCUT2D eigenvalue weighted by Gasteiger charge is -2.59. The van der Waals surface area contributed by atoms with Gasteiger partial charge in [-0.05, 0) is 37.2 Å². The third-order valence-electron chi connectivity index (χ3n) is 7.41. The predicted molar refractivity (Wildman–Crippen MR) is 120 cm³/mol. The first-order chi connectivity index (χ1) is 15.8. The number of hydrogen-bond acceptors (Lipinski definition) is 7. The molecule has 2 atom stereocenters. The monoisotopic (exact) mass is 461 g/mol. The molecule has 1 aliphatic carbocycles. The fourth-order valence-corrected chi connectivity index (χ4v) is 5.49. The van der Waals surface area contributed by atoms with Crippen molar-refractivity contribution in [1.29, 1.82) is 0 Å². The van der Waals surface area contributed by atoms with Gasteiger partial charge < -0.3 is 29.5 Å². The fourth-order valence-electron chi connectivity index (χ4n) is 5.49. The SMILES string of the molecule is CCC(C(=O)O)C(NC(=O)C1CC2(C1)CN(CCC1(C)OCCO1)C2)c1ccc(OC)nc1. The van der Waals surface area contributed by atoms with Crippen molar-refractivity contribution in [1.82, 2.24) is 15.2 Å². The van der Waals surface area contributed by atoms with Crippen molar-refractivity contribution in [2.45, 2.75) is 51.4 Å². The summed E-state index contributed by atoms with van der Waals surface area (Å²) in [5.74, 6) is -1.81. The molecule has 1 spiro atoms. The van der Waals surface area contributed by atoms with Gasteiger partial charge in [-0.3, -0.25) is 9.59 Å². The van der Waals surface area contributed by atoms with Gasteiger partial charge in [-0.2, -0.15) is 0 Å². The Morgan fingerprint density at radius 2 is 2.00 bits per heavy atom. The van der Waals surface area contributed by atoms with E-state index in [0.29, 0.717) is 31.1 Å². The highest BCUT2D eigenvalue weighted by atomic mass is 16.7. The minimum atomic E-state index is -0.928. The number of rotatable bonds is 10. The summed E-state index contributed by atoms with van der Waals surface area (Å²) in [6, 6.07) is 2.83. The molecule has 2 aliphatic heterocycles. The number of aliphatic carboxylic acids is 1. The van der Waals surface area contributed by atoms with E-state index < -0.39 is 23.7 Å². The van der Waals surface area contributed by atoms with Gasteiger partial charge in [0.1, 0.15) is 0 Å². The maximum Gasteiger partial charge on any atom is 0.308 e. The molecule has 182 valence electrons. The van der Waals surface area contributed by atoms with Gasteiger partial charge in [0.15, 0.2) is 5.79 Å². The van der Waals surface area contributed by atoms with Crippen LogP contribution in [0.15, 0.2) is 18.3 Å². The molecule has 1 aromatic heterocycles. The van der Waals surface area contributed by atoms with E-state index in [9.17, 15) is 14.7 Å². The number of carbonyl (C=O) groups is 2. The number of amides is 1. The molecule has 2 unspecified atom stereocenters. The zero-order valence-corrected chi connectivity index (χ0v) is 19.7. The number of carboxylic acids is 1. The molecule has 1 amide bonds. The maximum absolute atomic E-state index is 13.0. The van der Waals surface area contributed by atoms with Gasteiger partial charge >= 0.3 is 5.97 Å². The lowest BCUT2D eigenvalue weighted by Crippen LogP contribution is -2.64. The Labute approximate surface area is 194 Å². The van der Waals surface area contributed by atoms with E-state index >= 15 is 0 Å². The van der Waals surface area contributed by atoms with E-state index in [4.69, 9.17) is 14.2 Å². The van der Waals surface area contributed by atoms with Crippen molar-refractivity contribution in [3.63, 3.8) is 0 Å². The minimum absolute atomic E-state index is 0.0696. The Bertz CT molecular complexity index is 840. The first-order valence-corrected chi connectivity index (χ1v) is 11.8. The highest BCUT2D eigenvalue weighted by molar-refractivity contribution is 5.81. The molecular weight excluding hydrogens is 426 g/mol. The molecule has 9 nitrogen and oxygen atoms in total. The Balaban J connectivity index is 1.30. The topological polar surface area (TPSA) is 110 Å². The van der Waals surface area contributed by atoms with Gasteiger partial charge in [0.05, 0.1) is 32.3 Å². The third kappa shape index (κ3) is 5.15. The molecule has 0 aromatic carbocycles. The summed E-state index contributed by atoms with van der Waals surface area (Å²) in [6.45, 7) is 8.04. The highest BCUT2D eigenvalue weighted by Crippen LogP contribution is 2.52. The first kappa shape index (κ1) is 23.9. The number of nitrogens with zero attached hydrogens (tertiary/aromatic N) is 2. The second-order valence-electron chi connectivity index (χ2n) is 9.87. The van der Waals surface area contributed by atoms with Crippen molar-refractivity contribution in [2.75, 3.05) is 40.0 Å². The summed E-state index contributed by atoms with van der Waals surface area (Å²) in [5.41, 5.74) is 0.890. The standard InChI is InChI=1S/C24H35N3O6/c1-4-18(22(29)30)20(16-5-6-19(31-3)25-13-16)26-21(28)17-11-24(12-17)14-27(15-24)8-7-23(2)32-9-10-33-23/h5-6,13,17-18,20H,4,7-12,14-15H2,1-3H3,(H,26,28)(H,29,30). The van der Waals surface area contributed by atoms with Crippen LogP contribution < -0.4 is 10.1 Å². The van der Waals surface area contributed by atoms with Crippen LogP contribution >= 0.6 is 0 Å². The van der Waals surface area contributed by atoms with Gasteiger partial charge in [-0.15, -0.1) is 0 Å². The zero-order valence-electron chi connectivity index (χ0n) is 19.7. The van der Waals surface area contributed by atoms with E-state index in [-0.39, 0.29) is 17.2 Å². The Hall–Kier alpha value is -2.23. The van der Waals surface area contributed by atoms with Crippen molar-refractivity contribution in [2.24, 2.45) is 17.3 Å². The number of ether oxygens (including phenoxy) is 3. The molecule has 3 aliphatic rings. The second-order valence-corrected chi connectivity index (χ2v) is 9.87. The molecule has 1 aromatic rings. The number of hydrogen-bond donors (Lipinski definition) is 2. The largest absolute Gasteiger partial charge is 0.481 e. The first-order valence-electron chi connectivity index (χ1n) is 11.8. The second kappa shape index (κ2) is 9.56. The molecule has 2 N–H and O–H groups in total. The summed E-state index contributed by atoms with van der Waals surface area (Å²) < 4.78 is 16.5. The average molecular weight is 462 g/mol. The van der Waals surface area contributed by atoms with Gasteiger partial charge in [0, 0.05) is 44.2 Å². The van der Waals surface area contributed by atoms with Gasteiger partial charge in [-0.1, -0.05) is 13.0 Å².